The molecule has 1 atom stereocenters. The average molecular weight is 244 g/mol. The molecule has 3 rings (SSSR count). The van der Waals surface area contributed by atoms with E-state index in [0.29, 0.717) is 0 Å². The van der Waals surface area contributed by atoms with Crippen molar-refractivity contribution in [2.75, 3.05) is 6.54 Å². The second-order valence-corrected chi connectivity index (χ2v) is 6.08. The minimum absolute atomic E-state index is 0.740. The molecule has 0 spiro atoms. The number of aryl methyl sites for hydroxylation is 1. The largest absolute Gasteiger partial charge is 0.289 e. The van der Waals surface area contributed by atoms with Gasteiger partial charge in [-0.1, -0.05) is 13.0 Å². The lowest BCUT2D eigenvalue weighted by Gasteiger charge is -2.17. The summed E-state index contributed by atoms with van der Waals surface area (Å²) in [7, 11) is 0. The highest BCUT2D eigenvalue weighted by Crippen LogP contribution is 2.25. The van der Waals surface area contributed by atoms with Crippen LogP contribution in [0.3, 0.4) is 0 Å². The SMILES string of the molecule is Cc1nc2cc(C3=NC[C@@H](C)CC3)ccc2s1. The molecule has 0 radical (unpaired) electrons. The summed E-state index contributed by atoms with van der Waals surface area (Å²) in [5.74, 6) is 0.740. The van der Waals surface area contributed by atoms with Crippen LogP contribution in [0.4, 0.5) is 0 Å². The van der Waals surface area contributed by atoms with Crippen LogP contribution in [0.2, 0.25) is 0 Å². The summed E-state index contributed by atoms with van der Waals surface area (Å²) < 4.78 is 1.27. The molecule has 88 valence electrons. The third-order valence-electron chi connectivity index (χ3n) is 3.30. The highest BCUT2D eigenvalue weighted by atomic mass is 32.1. The Labute approximate surface area is 105 Å². The number of fused-ring (bicyclic) bond motifs is 1. The van der Waals surface area contributed by atoms with Gasteiger partial charge in [-0.25, -0.2) is 4.98 Å². The molecule has 0 bridgehead atoms. The maximum absolute atomic E-state index is 4.69. The van der Waals surface area contributed by atoms with E-state index >= 15 is 0 Å². The van der Waals surface area contributed by atoms with Crippen LogP contribution in [0.1, 0.15) is 30.3 Å². The zero-order chi connectivity index (χ0) is 11.8. The van der Waals surface area contributed by atoms with Crippen LogP contribution < -0.4 is 0 Å². The molecule has 0 N–H and O–H groups in total. The summed E-state index contributed by atoms with van der Waals surface area (Å²) >= 11 is 1.76. The van der Waals surface area contributed by atoms with E-state index < -0.39 is 0 Å². The molecule has 3 heteroatoms. The van der Waals surface area contributed by atoms with E-state index in [4.69, 9.17) is 0 Å². The Balaban J connectivity index is 2.00. The van der Waals surface area contributed by atoms with Crippen LogP contribution in [0.5, 0.6) is 0 Å². The molecule has 0 amide bonds. The molecule has 17 heavy (non-hydrogen) atoms. The summed E-state index contributed by atoms with van der Waals surface area (Å²) in [6.07, 6.45) is 2.36. The molecule has 0 saturated carbocycles. The second kappa shape index (κ2) is 4.22. The van der Waals surface area contributed by atoms with Gasteiger partial charge in [-0.05, 0) is 43.4 Å². The van der Waals surface area contributed by atoms with Gasteiger partial charge >= 0.3 is 0 Å². The van der Waals surface area contributed by atoms with E-state index in [9.17, 15) is 0 Å². The topological polar surface area (TPSA) is 25.2 Å². The number of nitrogens with zero attached hydrogens (tertiary/aromatic N) is 2. The van der Waals surface area contributed by atoms with Crippen molar-refractivity contribution in [3.05, 3.63) is 28.8 Å². The highest BCUT2D eigenvalue weighted by Gasteiger charge is 2.13. The lowest BCUT2D eigenvalue weighted by atomic mass is 9.96. The first-order valence-corrected chi connectivity index (χ1v) is 6.95. The number of thiazole rings is 1. The lowest BCUT2D eigenvalue weighted by molar-refractivity contribution is 0.538. The Hall–Kier alpha value is -1.22. The molecule has 1 aromatic heterocycles. The van der Waals surface area contributed by atoms with Crippen molar-refractivity contribution in [2.24, 2.45) is 10.9 Å². The van der Waals surface area contributed by atoms with Gasteiger partial charge in [-0.3, -0.25) is 4.99 Å². The van der Waals surface area contributed by atoms with Crippen LogP contribution in [0.25, 0.3) is 10.2 Å². The van der Waals surface area contributed by atoms with Crippen molar-refractivity contribution in [2.45, 2.75) is 26.7 Å². The zero-order valence-electron chi connectivity index (χ0n) is 10.2. The molecule has 0 saturated heterocycles. The molecule has 1 aliphatic heterocycles. The van der Waals surface area contributed by atoms with E-state index in [1.165, 1.54) is 22.4 Å². The lowest BCUT2D eigenvalue weighted by Crippen LogP contribution is -2.14. The monoisotopic (exact) mass is 244 g/mol. The summed E-state index contributed by atoms with van der Waals surface area (Å²) in [4.78, 5) is 9.23. The van der Waals surface area contributed by atoms with Gasteiger partial charge < -0.3 is 0 Å². The minimum atomic E-state index is 0.740. The van der Waals surface area contributed by atoms with Crippen LogP contribution in [0, 0.1) is 12.8 Å². The van der Waals surface area contributed by atoms with Crippen LogP contribution in [-0.2, 0) is 0 Å². The molecular formula is C14H16N2S. The Kier molecular flexibility index (Phi) is 2.71. The fourth-order valence-corrected chi connectivity index (χ4v) is 3.08. The molecule has 2 heterocycles. The predicted octanol–water partition coefficient (Wildman–Crippen LogP) is 3.82. The summed E-state index contributed by atoms with van der Waals surface area (Å²) in [5.41, 5.74) is 3.64. The Morgan fingerprint density at radius 1 is 1.35 bits per heavy atom. The average Bonchev–Trinajstić information content (AvgIpc) is 2.69. The van der Waals surface area contributed by atoms with Gasteiger partial charge in [0.15, 0.2) is 0 Å². The number of hydrogen-bond donors (Lipinski definition) is 0. The molecule has 1 aromatic carbocycles. The van der Waals surface area contributed by atoms with Crippen molar-refractivity contribution in [1.29, 1.82) is 0 Å². The number of rotatable bonds is 1. The molecule has 2 nitrogen and oxygen atoms in total. The third kappa shape index (κ3) is 2.12. The molecule has 0 aliphatic carbocycles. The Morgan fingerprint density at radius 3 is 3.00 bits per heavy atom. The quantitative estimate of drug-likeness (QED) is 0.748. The molecule has 2 aromatic rings. The van der Waals surface area contributed by atoms with Gasteiger partial charge in [0.2, 0.25) is 0 Å². The minimum Gasteiger partial charge on any atom is -0.289 e. The van der Waals surface area contributed by atoms with Gasteiger partial charge in [0.05, 0.1) is 15.2 Å². The molecular weight excluding hydrogens is 228 g/mol. The van der Waals surface area contributed by atoms with Crippen LogP contribution in [0.15, 0.2) is 23.2 Å². The first kappa shape index (κ1) is 10.9. The first-order chi connectivity index (χ1) is 8.22. The highest BCUT2D eigenvalue weighted by molar-refractivity contribution is 7.18. The van der Waals surface area contributed by atoms with Gasteiger partial charge in [0.1, 0.15) is 0 Å². The van der Waals surface area contributed by atoms with Gasteiger partial charge in [-0.2, -0.15) is 0 Å². The van der Waals surface area contributed by atoms with Gasteiger partial charge in [-0.15, -0.1) is 11.3 Å². The number of aliphatic imine (C=N–C) groups is 1. The van der Waals surface area contributed by atoms with Crippen LogP contribution >= 0.6 is 11.3 Å². The fraction of sp³-hybridized carbons (Fsp3) is 0.429. The summed E-state index contributed by atoms with van der Waals surface area (Å²) in [6, 6.07) is 6.55. The second-order valence-electron chi connectivity index (χ2n) is 4.85. The van der Waals surface area contributed by atoms with E-state index in [1.807, 2.05) is 0 Å². The van der Waals surface area contributed by atoms with Crippen molar-refractivity contribution in [3.63, 3.8) is 0 Å². The Bertz CT molecular complexity index is 583. The van der Waals surface area contributed by atoms with Gasteiger partial charge in [0.25, 0.3) is 0 Å². The zero-order valence-corrected chi connectivity index (χ0v) is 11.0. The molecule has 0 unspecified atom stereocenters. The van der Waals surface area contributed by atoms with E-state index in [0.717, 1.165) is 29.4 Å². The smallest absolute Gasteiger partial charge is 0.0907 e. The fourth-order valence-electron chi connectivity index (χ4n) is 2.28. The standard InChI is InChI=1S/C14H16N2S/c1-9-3-5-12(15-8-9)11-4-6-14-13(7-11)16-10(2)17-14/h4,6-7,9H,3,5,8H2,1-2H3/t9-/m0/s1. The Morgan fingerprint density at radius 2 is 2.24 bits per heavy atom. The molecule has 1 aliphatic rings. The number of benzene rings is 1. The summed E-state index contributed by atoms with van der Waals surface area (Å²) in [6.45, 7) is 5.31. The predicted molar refractivity (Wildman–Crippen MR) is 74.2 cm³/mol. The third-order valence-corrected chi connectivity index (χ3v) is 4.25. The number of aromatic nitrogens is 1. The molecule has 0 fully saturated rings. The summed E-state index contributed by atoms with van der Waals surface area (Å²) in [5, 5.41) is 1.14. The van der Waals surface area contributed by atoms with E-state index in [1.54, 1.807) is 11.3 Å². The van der Waals surface area contributed by atoms with Crippen molar-refractivity contribution in [1.82, 2.24) is 4.98 Å². The van der Waals surface area contributed by atoms with E-state index in [2.05, 4.69) is 42.0 Å². The normalized spacial score (nSPS) is 20.6. The van der Waals surface area contributed by atoms with Gasteiger partial charge in [0, 0.05) is 12.3 Å². The van der Waals surface area contributed by atoms with Crippen LogP contribution in [-0.4, -0.2) is 17.2 Å². The van der Waals surface area contributed by atoms with E-state index in [-0.39, 0.29) is 0 Å². The van der Waals surface area contributed by atoms with Crippen molar-refractivity contribution >= 4 is 27.3 Å². The maximum atomic E-state index is 4.69. The number of hydrogen-bond acceptors (Lipinski definition) is 3. The first-order valence-electron chi connectivity index (χ1n) is 6.13. The van der Waals surface area contributed by atoms with Crippen molar-refractivity contribution < 1.29 is 0 Å². The maximum Gasteiger partial charge on any atom is 0.0907 e. The van der Waals surface area contributed by atoms with Crippen molar-refractivity contribution in [3.8, 4) is 0 Å².